The van der Waals surface area contributed by atoms with Gasteiger partial charge < -0.3 is 9.73 Å². The molecule has 0 aliphatic heterocycles. The molecule has 14 heavy (non-hydrogen) atoms. The highest BCUT2D eigenvalue weighted by Gasteiger charge is 2.14. The first-order valence-corrected chi connectivity index (χ1v) is 4.51. The molecule has 74 valence electrons. The van der Waals surface area contributed by atoms with Gasteiger partial charge in [0.2, 0.25) is 0 Å². The molecule has 0 aliphatic rings. The fraction of sp³-hybridized carbons (Fsp3) is 0.333. The Morgan fingerprint density at radius 1 is 1.79 bits per heavy atom. The van der Waals surface area contributed by atoms with Crippen LogP contribution in [0.1, 0.15) is 23.9 Å². The molecule has 1 aromatic heterocycles. The van der Waals surface area contributed by atoms with Crippen molar-refractivity contribution in [2.75, 3.05) is 0 Å². The lowest BCUT2D eigenvalue weighted by molar-refractivity contribution is 0.0917. The van der Waals surface area contributed by atoms with Gasteiger partial charge in [0, 0.05) is 0 Å². The summed E-state index contributed by atoms with van der Waals surface area (Å²) in [6.45, 7) is 1.81. The minimum atomic E-state index is -0.494. The first-order valence-electron chi connectivity index (χ1n) is 4.13. The molecule has 0 radical (unpaired) electrons. The fourth-order valence-corrected chi connectivity index (χ4v) is 1.04. The van der Waals surface area contributed by atoms with E-state index in [0.717, 1.165) is 0 Å². The minimum Gasteiger partial charge on any atom is -0.440 e. The number of halogens is 1. The molecule has 0 aromatic carbocycles. The van der Waals surface area contributed by atoms with Crippen LogP contribution in [0, 0.1) is 11.3 Å². The second-order valence-electron chi connectivity index (χ2n) is 2.67. The van der Waals surface area contributed by atoms with Crippen molar-refractivity contribution in [2.24, 2.45) is 0 Å². The third-order valence-electron chi connectivity index (χ3n) is 1.67. The molecule has 0 fully saturated rings. The molecule has 4 nitrogen and oxygen atoms in total. The summed E-state index contributed by atoms with van der Waals surface area (Å²) < 4.78 is 4.88. The number of nitriles is 1. The highest BCUT2D eigenvalue weighted by atomic mass is 35.5. The van der Waals surface area contributed by atoms with Crippen LogP contribution < -0.4 is 5.32 Å². The Morgan fingerprint density at radius 3 is 2.93 bits per heavy atom. The van der Waals surface area contributed by atoms with Gasteiger partial charge in [0.1, 0.15) is 6.04 Å². The molecule has 1 aromatic rings. The molecule has 1 heterocycles. The smallest absolute Gasteiger partial charge is 0.288 e. The first kappa shape index (κ1) is 10.6. The van der Waals surface area contributed by atoms with E-state index in [0.29, 0.717) is 6.42 Å². The first-order chi connectivity index (χ1) is 6.67. The predicted octanol–water partition coefficient (Wildman–Crippen LogP) is 1.96. The molecule has 1 rings (SSSR count). The number of carbonyl (C=O) groups excluding carboxylic acids is 1. The van der Waals surface area contributed by atoms with Crippen molar-refractivity contribution in [3.8, 4) is 6.07 Å². The van der Waals surface area contributed by atoms with Crippen molar-refractivity contribution in [1.82, 2.24) is 5.32 Å². The van der Waals surface area contributed by atoms with Crippen LogP contribution in [0.25, 0.3) is 0 Å². The average Bonchev–Trinajstić information content (AvgIpc) is 2.61. The maximum Gasteiger partial charge on any atom is 0.288 e. The van der Waals surface area contributed by atoms with Crippen LogP contribution in [0.4, 0.5) is 0 Å². The molecule has 0 spiro atoms. The summed E-state index contributed by atoms with van der Waals surface area (Å²) in [4.78, 5) is 11.4. The Labute approximate surface area is 86.5 Å². The maximum atomic E-state index is 11.4. The zero-order valence-corrected chi connectivity index (χ0v) is 8.34. The summed E-state index contributed by atoms with van der Waals surface area (Å²) >= 11 is 5.50. The second kappa shape index (κ2) is 4.68. The Bertz CT molecular complexity index is 367. The van der Waals surface area contributed by atoms with E-state index in [1.807, 2.05) is 13.0 Å². The average molecular weight is 213 g/mol. The number of rotatable bonds is 3. The van der Waals surface area contributed by atoms with Crippen LogP contribution in [-0.2, 0) is 0 Å². The summed E-state index contributed by atoms with van der Waals surface area (Å²) in [5.41, 5.74) is 0. The molecule has 1 unspecified atom stereocenters. The van der Waals surface area contributed by atoms with Gasteiger partial charge >= 0.3 is 0 Å². The molecule has 1 N–H and O–H groups in total. The fourth-order valence-electron chi connectivity index (χ4n) is 0.891. The standard InChI is InChI=1S/C9H9ClN2O2/c1-2-6(5-11)12-9(13)7-3-4-8(10)14-7/h3-4,6H,2H2,1H3,(H,12,13). The van der Waals surface area contributed by atoms with E-state index in [9.17, 15) is 4.79 Å². The Hall–Kier alpha value is -1.47. The molecule has 1 amide bonds. The highest BCUT2D eigenvalue weighted by Crippen LogP contribution is 2.12. The summed E-state index contributed by atoms with van der Waals surface area (Å²) in [6, 6.07) is 4.39. The summed E-state index contributed by atoms with van der Waals surface area (Å²) in [5, 5.41) is 11.3. The molecule has 0 bridgehead atoms. The lowest BCUT2D eigenvalue weighted by Gasteiger charge is -2.06. The number of nitrogens with zero attached hydrogens (tertiary/aromatic N) is 1. The number of carbonyl (C=O) groups is 1. The van der Waals surface area contributed by atoms with E-state index in [1.165, 1.54) is 12.1 Å². The largest absolute Gasteiger partial charge is 0.440 e. The van der Waals surface area contributed by atoms with E-state index in [4.69, 9.17) is 21.3 Å². The van der Waals surface area contributed by atoms with E-state index in [-0.39, 0.29) is 11.0 Å². The van der Waals surface area contributed by atoms with Gasteiger partial charge in [0.15, 0.2) is 11.0 Å². The molecule has 1 atom stereocenters. The summed E-state index contributed by atoms with van der Waals surface area (Å²) in [7, 11) is 0. The number of hydrogen-bond donors (Lipinski definition) is 1. The van der Waals surface area contributed by atoms with Crippen molar-refractivity contribution >= 4 is 17.5 Å². The third kappa shape index (κ3) is 2.51. The van der Waals surface area contributed by atoms with E-state index >= 15 is 0 Å². The monoisotopic (exact) mass is 212 g/mol. The maximum absolute atomic E-state index is 11.4. The van der Waals surface area contributed by atoms with E-state index < -0.39 is 11.9 Å². The van der Waals surface area contributed by atoms with Crippen molar-refractivity contribution in [2.45, 2.75) is 19.4 Å². The SMILES string of the molecule is CCC(C#N)NC(=O)c1ccc(Cl)o1. The molecule has 5 heteroatoms. The van der Waals surface area contributed by atoms with Crippen LogP contribution in [0.2, 0.25) is 5.22 Å². The Morgan fingerprint density at radius 2 is 2.50 bits per heavy atom. The molecular weight excluding hydrogens is 204 g/mol. The van der Waals surface area contributed by atoms with Crippen molar-refractivity contribution in [3.63, 3.8) is 0 Å². The summed E-state index contributed by atoms with van der Waals surface area (Å²) in [5.74, 6) is -0.311. The Kier molecular flexibility index (Phi) is 3.55. The third-order valence-corrected chi connectivity index (χ3v) is 1.87. The molecule has 0 saturated carbocycles. The highest BCUT2D eigenvalue weighted by molar-refractivity contribution is 6.29. The van der Waals surface area contributed by atoms with Crippen LogP contribution in [0.5, 0.6) is 0 Å². The van der Waals surface area contributed by atoms with Gasteiger partial charge in [-0.15, -0.1) is 0 Å². The van der Waals surface area contributed by atoms with Gasteiger partial charge in [-0.3, -0.25) is 4.79 Å². The number of furan rings is 1. The second-order valence-corrected chi connectivity index (χ2v) is 3.04. The lowest BCUT2D eigenvalue weighted by atomic mass is 10.2. The van der Waals surface area contributed by atoms with Gasteiger partial charge in [0.25, 0.3) is 5.91 Å². The lowest BCUT2D eigenvalue weighted by Crippen LogP contribution is -2.32. The molecule has 0 saturated heterocycles. The van der Waals surface area contributed by atoms with E-state index in [1.54, 1.807) is 0 Å². The van der Waals surface area contributed by atoms with E-state index in [2.05, 4.69) is 5.32 Å². The minimum absolute atomic E-state index is 0.115. The zero-order valence-electron chi connectivity index (χ0n) is 7.58. The van der Waals surface area contributed by atoms with Crippen LogP contribution in [-0.4, -0.2) is 11.9 Å². The van der Waals surface area contributed by atoms with Crippen molar-refractivity contribution in [3.05, 3.63) is 23.1 Å². The topological polar surface area (TPSA) is 66.0 Å². The molecular formula is C9H9ClN2O2. The van der Waals surface area contributed by atoms with Crippen molar-refractivity contribution < 1.29 is 9.21 Å². The van der Waals surface area contributed by atoms with Gasteiger partial charge in [-0.2, -0.15) is 5.26 Å². The summed E-state index contributed by atoms with van der Waals surface area (Å²) in [6.07, 6.45) is 0.552. The van der Waals surface area contributed by atoms with Crippen LogP contribution in [0.3, 0.4) is 0 Å². The number of amides is 1. The van der Waals surface area contributed by atoms with Gasteiger partial charge in [0.05, 0.1) is 6.07 Å². The number of hydrogen-bond acceptors (Lipinski definition) is 3. The number of nitrogens with one attached hydrogen (secondary N) is 1. The van der Waals surface area contributed by atoms with Crippen molar-refractivity contribution in [1.29, 1.82) is 5.26 Å². The molecule has 0 aliphatic carbocycles. The van der Waals surface area contributed by atoms with Gasteiger partial charge in [-0.05, 0) is 30.2 Å². The van der Waals surface area contributed by atoms with Crippen LogP contribution >= 0.6 is 11.6 Å². The zero-order chi connectivity index (χ0) is 10.6. The normalized spacial score (nSPS) is 11.8. The van der Waals surface area contributed by atoms with Crippen LogP contribution in [0.15, 0.2) is 16.5 Å². The quantitative estimate of drug-likeness (QED) is 0.833. The predicted molar refractivity (Wildman–Crippen MR) is 50.9 cm³/mol. The van der Waals surface area contributed by atoms with Gasteiger partial charge in [-0.25, -0.2) is 0 Å². The Balaban J connectivity index is 2.64. The van der Waals surface area contributed by atoms with Gasteiger partial charge in [-0.1, -0.05) is 6.92 Å².